The molecule has 0 bridgehead atoms. The van der Waals surface area contributed by atoms with E-state index in [4.69, 9.17) is 10.2 Å². The number of rotatable bonds is 5. The first-order valence-corrected chi connectivity index (χ1v) is 10.5. The summed E-state index contributed by atoms with van der Waals surface area (Å²) in [5.74, 6) is 0.0276. The third-order valence-electron chi connectivity index (χ3n) is 4.61. The number of thioether (sulfide) groups is 1. The van der Waals surface area contributed by atoms with E-state index in [1.807, 2.05) is 24.3 Å². The molecule has 4 rings (SSSR count). The standard InChI is InChI=1S/C19H19N3O3S2/c1-10-6-7-11-14(8-10)27-18(16(11)17(20)24)22-15(23)9-26-19-21-12-4-2-3-5-13(12)25-19/h2-5,10H,6-9H2,1H3,(H2,20,24)(H,22,23)/t10-/m0/s1. The maximum absolute atomic E-state index is 12.4. The summed E-state index contributed by atoms with van der Waals surface area (Å²) in [5, 5.41) is 3.86. The van der Waals surface area contributed by atoms with Gasteiger partial charge < -0.3 is 15.5 Å². The van der Waals surface area contributed by atoms with E-state index in [1.54, 1.807) is 0 Å². The lowest BCUT2D eigenvalue weighted by Crippen LogP contribution is -2.20. The molecule has 1 aromatic carbocycles. The van der Waals surface area contributed by atoms with Gasteiger partial charge in [0, 0.05) is 4.88 Å². The highest BCUT2D eigenvalue weighted by Crippen LogP contribution is 2.39. The number of oxazole rings is 1. The predicted octanol–water partition coefficient (Wildman–Crippen LogP) is 3.84. The van der Waals surface area contributed by atoms with Crippen molar-refractivity contribution < 1.29 is 14.0 Å². The zero-order valence-electron chi connectivity index (χ0n) is 14.8. The van der Waals surface area contributed by atoms with Crippen molar-refractivity contribution >= 4 is 51.0 Å². The molecule has 1 aliphatic carbocycles. The van der Waals surface area contributed by atoms with E-state index in [1.165, 1.54) is 23.1 Å². The quantitative estimate of drug-likeness (QED) is 0.633. The highest BCUT2D eigenvalue weighted by molar-refractivity contribution is 7.99. The molecular formula is C19H19N3O3S2. The first kappa shape index (κ1) is 18.1. The van der Waals surface area contributed by atoms with Crippen molar-refractivity contribution in [2.45, 2.75) is 31.4 Å². The minimum Gasteiger partial charge on any atom is -0.431 e. The summed E-state index contributed by atoms with van der Waals surface area (Å²) in [6, 6.07) is 7.46. The van der Waals surface area contributed by atoms with Crippen LogP contribution >= 0.6 is 23.1 Å². The van der Waals surface area contributed by atoms with E-state index in [0.717, 1.165) is 35.2 Å². The fourth-order valence-electron chi connectivity index (χ4n) is 3.30. The van der Waals surface area contributed by atoms with E-state index >= 15 is 0 Å². The van der Waals surface area contributed by atoms with Gasteiger partial charge in [0.15, 0.2) is 5.58 Å². The second-order valence-corrected chi connectivity index (χ2v) is 8.74. The first-order chi connectivity index (χ1) is 13.0. The maximum Gasteiger partial charge on any atom is 0.257 e. The third-order valence-corrected chi connectivity index (χ3v) is 6.61. The molecular weight excluding hydrogens is 382 g/mol. The second kappa shape index (κ2) is 7.36. The van der Waals surface area contributed by atoms with Crippen molar-refractivity contribution in [1.29, 1.82) is 0 Å². The molecule has 0 radical (unpaired) electrons. The number of aromatic nitrogens is 1. The van der Waals surface area contributed by atoms with E-state index in [0.29, 0.717) is 27.3 Å². The fourth-order valence-corrected chi connectivity index (χ4v) is 5.37. The minimum atomic E-state index is -0.482. The lowest BCUT2D eigenvalue weighted by molar-refractivity contribution is -0.113. The summed E-state index contributed by atoms with van der Waals surface area (Å²) in [6.45, 7) is 2.20. The molecule has 6 nitrogen and oxygen atoms in total. The molecule has 0 spiro atoms. The van der Waals surface area contributed by atoms with Crippen LogP contribution in [0.5, 0.6) is 0 Å². The van der Waals surface area contributed by atoms with Crippen molar-refractivity contribution in [3.05, 3.63) is 40.3 Å². The smallest absolute Gasteiger partial charge is 0.257 e. The number of hydrogen-bond acceptors (Lipinski definition) is 6. The highest BCUT2D eigenvalue weighted by atomic mass is 32.2. The van der Waals surface area contributed by atoms with Crippen LogP contribution in [0.4, 0.5) is 5.00 Å². The average Bonchev–Trinajstić information content (AvgIpc) is 3.19. The lowest BCUT2D eigenvalue weighted by atomic mass is 9.88. The summed E-state index contributed by atoms with van der Waals surface area (Å²) in [7, 11) is 0. The number of amides is 2. The molecule has 0 unspecified atom stereocenters. The molecule has 1 atom stereocenters. The van der Waals surface area contributed by atoms with E-state index in [-0.39, 0.29) is 11.7 Å². The Hall–Kier alpha value is -2.32. The Morgan fingerprint density at radius 3 is 3.00 bits per heavy atom. The molecule has 2 heterocycles. The van der Waals surface area contributed by atoms with Gasteiger partial charge in [-0.15, -0.1) is 11.3 Å². The summed E-state index contributed by atoms with van der Waals surface area (Å²) < 4.78 is 5.61. The molecule has 0 saturated carbocycles. The number of thiophene rings is 1. The summed E-state index contributed by atoms with van der Waals surface area (Å²) in [5.41, 5.74) is 8.52. The van der Waals surface area contributed by atoms with Crippen LogP contribution in [0.1, 0.15) is 34.1 Å². The van der Waals surface area contributed by atoms with Crippen LogP contribution in [0, 0.1) is 5.92 Å². The van der Waals surface area contributed by atoms with Crippen molar-refractivity contribution in [2.24, 2.45) is 11.7 Å². The number of nitrogens with zero attached hydrogens (tertiary/aromatic N) is 1. The van der Waals surface area contributed by atoms with Crippen molar-refractivity contribution in [3.63, 3.8) is 0 Å². The number of primary amides is 1. The maximum atomic E-state index is 12.4. The Balaban J connectivity index is 1.47. The van der Waals surface area contributed by atoms with Crippen LogP contribution < -0.4 is 11.1 Å². The zero-order valence-corrected chi connectivity index (χ0v) is 16.4. The number of nitrogens with two attached hydrogens (primary N) is 1. The molecule has 0 fully saturated rings. The Morgan fingerprint density at radius 2 is 2.22 bits per heavy atom. The first-order valence-electron chi connectivity index (χ1n) is 8.74. The summed E-state index contributed by atoms with van der Waals surface area (Å²) >= 11 is 2.69. The molecule has 3 N–H and O–H groups in total. The lowest BCUT2D eigenvalue weighted by Gasteiger charge is -2.18. The van der Waals surface area contributed by atoms with Gasteiger partial charge in [-0.05, 0) is 42.9 Å². The number of carbonyl (C=O) groups excluding carboxylic acids is 2. The van der Waals surface area contributed by atoms with Gasteiger partial charge in [0.1, 0.15) is 10.5 Å². The van der Waals surface area contributed by atoms with Crippen LogP contribution in [-0.2, 0) is 17.6 Å². The number of benzene rings is 1. The zero-order chi connectivity index (χ0) is 19.0. The van der Waals surface area contributed by atoms with Crippen LogP contribution in [-0.4, -0.2) is 22.6 Å². The molecule has 2 amide bonds. The van der Waals surface area contributed by atoms with Crippen LogP contribution in [0.25, 0.3) is 11.1 Å². The Morgan fingerprint density at radius 1 is 1.41 bits per heavy atom. The molecule has 27 heavy (non-hydrogen) atoms. The molecule has 1 aliphatic rings. The topological polar surface area (TPSA) is 98.2 Å². The molecule has 3 aromatic rings. The van der Waals surface area contributed by atoms with Crippen molar-refractivity contribution in [2.75, 3.05) is 11.1 Å². The molecule has 0 aliphatic heterocycles. The SMILES string of the molecule is C[C@H]1CCc2c(sc(NC(=O)CSc3nc4ccccc4o3)c2C(N)=O)C1. The minimum absolute atomic E-state index is 0.143. The van der Waals surface area contributed by atoms with Gasteiger partial charge in [-0.1, -0.05) is 30.8 Å². The van der Waals surface area contributed by atoms with Gasteiger partial charge >= 0.3 is 0 Å². The number of hydrogen-bond donors (Lipinski definition) is 2. The van der Waals surface area contributed by atoms with Crippen LogP contribution in [0.2, 0.25) is 0 Å². The van der Waals surface area contributed by atoms with Crippen LogP contribution in [0.15, 0.2) is 33.9 Å². The molecule has 2 aromatic heterocycles. The van der Waals surface area contributed by atoms with Crippen LogP contribution in [0.3, 0.4) is 0 Å². The summed E-state index contributed by atoms with van der Waals surface area (Å²) in [4.78, 5) is 29.9. The van der Waals surface area contributed by atoms with Gasteiger partial charge in [-0.25, -0.2) is 4.98 Å². The number of fused-ring (bicyclic) bond motifs is 2. The average molecular weight is 402 g/mol. The number of anilines is 1. The highest BCUT2D eigenvalue weighted by Gasteiger charge is 2.27. The Bertz CT molecular complexity index is 992. The van der Waals surface area contributed by atoms with Gasteiger partial charge in [0.05, 0.1) is 11.3 Å². The number of nitrogens with one attached hydrogen (secondary N) is 1. The summed E-state index contributed by atoms with van der Waals surface area (Å²) in [6.07, 6.45) is 2.79. The van der Waals surface area contributed by atoms with E-state index in [2.05, 4.69) is 17.2 Å². The van der Waals surface area contributed by atoms with Crippen molar-refractivity contribution in [3.8, 4) is 0 Å². The molecule has 0 saturated heterocycles. The van der Waals surface area contributed by atoms with Gasteiger partial charge in [-0.2, -0.15) is 0 Å². The van der Waals surface area contributed by atoms with E-state index < -0.39 is 5.91 Å². The molecule has 8 heteroatoms. The number of carbonyl (C=O) groups is 2. The Labute approximate surface area is 164 Å². The van der Waals surface area contributed by atoms with E-state index in [9.17, 15) is 9.59 Å². The normalized spacial score (nSPS) is 16.3. The van der Waals surface area contributed by atoms with Gasteiger partial charge in [0.2, 0.25) is 5.91 Å². The Kier molecular flexibility index (Phi) is 4.92. The van der Waals surface area contributed by atoms with Crippen molar-refractivity contribution in [1.82, 2.24) is 4.98 Å². The largest absolute Gasteiger partial charge is 0.431 e. The fraction of sp³-hybridized carbons (Fsp3) is 0.316. The number of para-hydroxylation sites is 2. The molecule has 140 valence electrons. The monoisotopic (exact) mass is 401 g/mol. The second-order valence-electron chi connectivity index (χ2n) is 6.70. The third kappa shape index (κ3) is 3.72. The van der Waals surface area contributed by atoms with Gasteiger partial charge in [-0.3, -0.25) is 9.59 Å². The predicted molar refractivity (Wildman–Crippen MR) is 107 cm³/mol. The van der Waals surface area contributed by atoms with Gasteiger partial charge in [0.25, 0.3) is 11.1 Å².